The highest BCUT2D eigenvalue weighted by Crippen LogP contribution is 2.25. The maximum absolute atomic E-state index is 13.9. The molecule has 5 N–H and O–H groups in total. The lowest BCUT2D eigenvalue weighted by Crippen LogP contribution is -2.63. The predicted molar refractivity (Wildman–Crippen MR) is 321 cm³/mol. The Morgan fingerprint density at radius 3 is 1.24 bits per heavy atom. The second-order valence-electron chi connectivity index (χ2n) is 23.8. The van der Waals surface area contributed by atoms with Crippen LogP contribution in [-0.2, 0) is 54.3 Å². The van der Waals surface area contributed by atoms with E-state index in [0.717, 1.165) is 32.7 Å². The largest absolute Gasteiger partial charge is 0.480 e. The Hall–Kier alpha value is -7.96. The number of nitrogens with two attached hydrogens (primary N) is 1. The van der Waals surface area contributed by atoms with Crippen LogP contribution in [0.1, 0.15) is 90.5 Å². The molecule has 2 fully saturated rings. The smallest absolute Gasteiger partial charge is 0.408 e. The van der Waals surface area contributed by atoms with Gasteiger partial charge in [-0.2, -0.15) is 0 Å². The van der Waals surface area contributed by atoms with Crippen LogP contribution in [0.3, 0.4) is 0 Å². The summed E-state index contributed by atoms with van der Waals surface area (Å²) in [5, 5.41) is 20.0. The van der Waals surface area contributed by atoms with Crippen molar-refractivity contribution in [3.05, 3.63) is 167 Å². The molecule has 0 spiro atoms. The van der Waals surface area contributed by atoms with E-state index in [0.29, 0.717) is 76.1 Å². The summed E-state index contributed by atoms with van der Waals surface area (Å²) in [6, 6.07) is 36.4. The monoisotopic (exact) mass is 1150 g/mol. The molecule has 84 heavy (non-hydrogen) atoms. The van der Waals surface area contributed by atoms with Crippen molar-refractivity contribution in [2.45, 2.75) is 141 Å². The number of carboxylic acid groups (broad SMARTS) is 1. The number of ether oxygens (including phenoxy) is 2. The van der Waals surface area contributed by atoms with Crippen molar-refractivity contribution in [3.8, 4) is 0 Å². The van der Waals surface area contributed by atoms with Crippen molar-refractivity contribution in [2.24, 2.45) is 5.73 Å². The van der Waals surface area contributed by atoms with E-state index in [1.54, 1.807) is 75.6 Å². The van der Waals surface area contributed by atoms with Gasteiger partial charge in [0.25, 0.3) is 0 Å². The fraction of sp³-hybridized carbons (Fsp3) is 0.424. The molecule has 5 amide bonds. The number of aliphatic carboxylic acids is 1. The minimum absolute atomic E-state index is 0.161. The zero-order chi connectivity index (χ0) is 60.9. The molecule has 0 radical (unpaired) electrons. The minimum atomic E-state index is -0.932. The summed E-state index contributed by atoms with van der Waals surface area (Å²) in [5.41, 5.74) is 7.79. The Kier molecular flexibility index (Phi) is 21.6. The van der Waals surface area contributed by atoms with Gasteiger partial charge in [-0.15, -0.1) is 0 Å². The average molecular weight is 1150 g/mol. The summed E-state index contributed by atoms with van der Waals surface area (Å²) in [7, 11) is 0. The number of carbonyl (C=O) groups excluding carboxylic acids is 5. The Labute approximate surface area is 491 Å². The number of alkyl carbamates (subject to hydrolysis) is 2. The molecular formula is C66H81F2N7O9. The van der Waals surface area contributed by atoms with Gasteiger partial charge in [-0.05, 0) is 135 Å². The van der Waals surface area contributed by atoms with Crippen LogP contribution in [0.2, 0.25) is 0 Å². The number of benzene rings is 6. The molecule has 2 saturated heterocycles. The molecule has 16 nitrogen and oxygen atoms in total. The molecular weight excluding hydrogens is 1070 g/mol. The van der Waals surface area contributed by atoms with Crippen LogP contribution in [0.15, 0.2) is 133 Å². The molecule has 6 aromatic carbocycles. The van der Waals surface area contributed by atoms with Gasteiger partial charge in [0.1, 0.15) is 41.0 Å². The van der Waals surface area contributed by atoms with Gasteiger partial charge < -0.3 is 40.7 Å². The van der Waals surface area contributed by atoms with Crippen molar-refractivity contribution in [3.63, 3.8) is 0 Å². The summed E-state index contributed by atoms with van der Waals surface area (Å²) >= 11 is 0. The number of rotatable bonds is 18. The molecule has 2 heterocycles. The fourth-order valence-electron chi connectivity index (χ4n) is 11.0. The van der Waals surface area contributed by atoms with Crippen LogP contribution in [0.5, 0.6) is 0 Å². The highest BCUT2D eigenvalue weighted by atomic mass is 19.1. The third-order valence-electron chi connectivity index (χ3n) is 15.2. The summed E-state index contributed by atoms with van der Waals surface area (Å²) in [5.74, 6) is -2.60. The van der Waals surface area contributed by atoms with Crippen LogP contribution in [0, 0.1) is 11.6 Å². The van der Waals surface area contributed by atoms with Gasteiger partial charge in [-0.3, -0.25) is 29.0 Å². The normalized spacial score (nSPS) is 17.5. The van der Waals surface area contributed by atoms with Gasteiger partial charge in [-0.1, -0.05) is 123 Å². The van der Waals surface area contributed by atoms with Crippen LogP contribution in [0.4, 0.5) is 18.4 Å². The molecule has 6 aromatic rings. The van der Waals surface area contributed by atoms with Gasteiger partial charge in [0.15, 0.2) is 0 Å². The van der Waals surface area contributed by atoms with Gasteiger partial charge >= 0.3 is 18.2 Å². The second-order valence-corrected chi connectivity index (χ2v) is 23.8. The molecule has 2 aliphatic rings. The van der Waals surface area contributed by atoms with Crippen LogP contribution < -0.4 is 16.4 Å². The van der Waals surface area contributed by atoms with E-state index in [-0.39, 0.29) is 48.4 Å². The third-order valence-corrected chi connectivity index (χ3v) is 15.2. The van der Waals surface area contributed by atoms with Crippen LogP contribution in [-0.4, -0.2) is 147 Å². The standard InChI is InChI=1S/C33H41FN4O4.C33H40FN3O5/c1-5-27-21-37(29(30(35)39)20-23-10-13-24-8-6-7-9-25(24)18-23)16-17-38(27)31(40)28(36-32(41)42-33(2,3)4)19-22-11-14-26(34)15-12-22;1-5-27-21-36(29(31(39)40)20-23-10-13-24-8-6-7-9-25(24)18-23)16-17-37(27)30(38)28(35-32(41)42-33(2,3)4)19-22-11-14-26(34)15-12-22/h6-15,18,27-29H,5,16-17,19-21H2,1-4H3,(H2,35,39)(H,36,41);6-15,18,27-29H,5,16-17,19-21H2,1-4H3,(H,35,41)(H,39,40)/t2*27-,28+,29-/m00/s1. The van der Waals surface area contributed by atoms with E-state index in [4.69, 9.17) is 15.2 Å². The molecule has 0 unspecified atom stereocenters. The summed E-state index contributed by atoms with van der Waals surface area (Å²) in [6.45, 7) is 16.8. The number of piperazine rings is 2. The Morgan fingerprint density at radius 2 is 0.881 bits per heavy atom. The molecule has 0 aliphatic carbocycles. The average Bonchev–Trinajstić information content (AvgIpc) is 3.62. The number of fused-ring (bicyclic) bond motifs is 2. The third kappa shape index (κ3) is 18.0. The zero-order valence-corrected chi connectivity index (χ0v) is 49.5. The summed E-state index contributed by atoms with van der Waals surface area (Å²) in [6.07, 6.45) is 1.01. The maximum atomic E-state index is 13.9. The number of primary amides is 1. The van der Waals surface area contributed by atoms with E-state index >= 15 is 0 Å². The molecule has 18 heteroatoms. The molecule has 8 rings (SSSR count). The number of nitrogens with one attached hydrogen (secondary N) is 2. The zero-order valence-electron chi connectivity index (χ0n) is 49.5. The second kappa shape index (κ2) is 28.5. The van der Waals surface area contributed by atoms with Crippen molar-refractivity contribution in [1.82, 2.24) is 30.2 Å². The Balaban J connectivity index is 0.000000241. The van der Waals surface area contributed by atoms with Crippen LogP contribution in [0.25, 0.3) is 21.5 Å². The quantitative estimate of drug-likeness (QED) is 0.0638. The first-order valence-electron chi connectivity index (χ1n) is 28.9. The van der Waals surface area contributed by atoms with E-state index < -0.39 is 59.4 Å². The Bertz CT molecular complexity index is 3020. The lowest BCUT2D eigenvalue weighted by molar-refractivity contribution is -0.147. The molecule has 448 valence electrons. The van der Waals surface area contributed by atoms with E-state index in [1.807, 2.05) is 97.6 Å². The van der Waals surface area contributed by atoms with Gasteiger partial charge in [-0.25, -0.2) is 18.4 Å². The maximum Gasteiger partial charge on any atom is 0.408 e. The van der Waals surface area contributed by atoms with E-state index in [2.05, 4.69) is 21.6 Å². The van der Waals surface area contributed by atoms with Crippen molar-refractivity contribution < 1.29 is 52.1 Å². The van der Waals surface area contributed by atoms with E-state index in [1.165, 1.54) is 24.3 Å². The van der Waals surface area contributed by atoms with Gasteiger partial charge in [0.2, 0.25) is 17.7 Å². The highest BCUT2D eigenvalue weighted by Gasteiger charge is 2.40. The topological polar surface area (TPSA) is 204 Å². The van der Waals surface area contributed by atoms with Crippen molar-refractivity contribution >= 4 is 57.4 Å². The molecule has 2 aliphatic heterocycles. The number of nitrogens with zero attached hydrogens (tertiary/aromatic N) is 4. The summed E-state index contributed by atoms with van der Waals surface area (Å²) < 4.78 is 37.9. The SMILES string of the molecule is CC[C@H]1CN([C@@H](Cc2ccc3ccccc3c2)C(=O)O)CCN1C(=O)[C@@H](Cc1ccc(F)cc1)NC(=O)OC(C)(C)C.CC[C@H]1CN([C@@H](Cc2ccc3ccccc3c2)C(N)=O)CCN1C(=O)[C@@H](Cc1ccc(F)cc1)NC(=O)OC(C)(C)C. The lowest BCUT2D eigenvalue weighted by atomic mass is 9.98. The van der Waals surface area contributed by atoms with Crippen molar-refractivity contribution in [1.29, 1.82) is 0 Å². The number of carboxylic acids is 1. The summed E-state index contributed by atoms with van der Waals surface area (Å²) in [4.78, 5) is 85.8. The minimum Gasteiger partial charge on any atom is -0.480 e. The molecule has 0 bridgehead atoms. The number of amides is 5. The first kappa shape index (κ1) is 63.6. The molecule has 0 aromatic heterocycles. The fourth-order valence-corrected chi connectivity index (χ4v) is 11.0. The van der Waals surface area contributed by atoms with Gasteiger partial charge in [0.05, 0.1) is 6.04 Å². The van der Waals surface area contributed by atoms with Gasteiger partial charge in [0, 0.05) is 64.2 Å². The number of hydrogen-bond donors (Lipinski definition) is 4. The molecule has 6 atom stereocenters. The van der Waals surface area contributed by atoms with E-state index in [9.17, 15) is 42.7 Å². The lowest BCUT2D eigenvalue weighted by Gasteiger charge is -2.44. The highest BCUT2D eigenvalue weighted by molar-refractivity contribution is 5.88. The van der Waals surface area contributed by atoms with Crippen molar-refractivity contribution in [2.75, 3.05) is 39.3 Å². The number of carbonyl (C=O) groups is 6. The Morgan fingerprint density at radius 1 is 0.524 bits per heavy atom. The first-order valence-corrected chi connectivity index (χ1v) is 28.9. The number of hydrogen-bond acceptors (Lipinski definition) is 10. The number of halogens is 2. The predicted octanol–water partition coefficient (Wildman–Crippen LogP) is 9.47. The van der Waals surface area contributed by atoms with Crippen LogP contribution >= 0.6 is 0 Å². The molecule has 0 saturated carbocycles. The first-order chi connectivity index (χ1) is 39.9.